The van der Waals surface area contributed by atoms with Crippen molar-refractivity contribution in [3.8, 4) is 11.5 Å². The molecule has 1 fully saturated rings. The predicted molar refractivity (Wildman–Crippen MR) is 106 cm³/mol. The molecule has 0 bridgehead atoms. The van der Waals surface area contributed by atoms with Crippen molar-refractivity contribution in [2.24, 2.45) is 0 Å². The van der Waals surface area contributed by atoms with Gasteiger partial charge in [-0.1, -0.05) is 6.07 Å². The van der Waals surface area contributed by atoms with Crippen LogP contribution >= 0.6 is 0 Å². The van der Waals surface area contributed by atoms with E-state index in [9.17, 15) is 9.59 Å². The second-order valence-corrected chi connectivity index (χ2v) is 6.72. The summed E-state index contributed by atoms with van der Waals surface area (Å²) >= 11 is 0. The lowest BCUT2D eigenvalue weighted by molar-refractivity contribution is -0.132. The number of carbonyl (C=O) groups excluding carboxylic acids is 2. The Balaban J connectivity index is 1.75. The van der Waals surface area contributed by atoms with Crippen LogP contribution in [0.4, 0.5) is 0 Å². The van der Waals surface area contributed by atoms with Gasteiger partial charge in [-0.3, -0.25) is 14.5 Å². The van der Waals surface area contributed by atoms with Gasteiger partial charge in [0.25, 0.3) is 0 Å². The highest BCUT2D eigenvalue weighted by Gasteiger charge is 2.22. The molecule has 0 atom stereocenters. The van der Waals surface area contributed by atoms with Crippen molar-refractivity contribution in [2.45, 2.75) is 12.8 Å². The van der Waals surface area contributed by atoms with Crippen LogP contribution in [0.2, 0.25) is 0 Å². The van der Waals surface area contributed by atoms with Gasteiger partial charge in [-0.2, -0.15) is 0 Å². The molecule has 1 heterocycles. The summed E-state index contributed by atoms with van der Waals surface area (Å²) in [5.74, 6) is 1.36. The summed E-state index contributed by atoms with van der Waals surface area (Å²) in [6.07, 6.45) is 1.13. The molecule has 8 nitrogen and oxygen atoms in total. The van der Waals surface area contributed by atoms with Crippen LogP contribution in [0.1, 0.15) is 12.0 Å². The molecule has 1 saturated heterocycles. The summed E-state index contributed by atoms with van der Waals surface area (Å²) in [7, 11) is 4.81. The SMILES string of the molecule is COCCCNC(=O)CN1CCN(C(=O)Cc2ccc(OC)c(OC)c2)CC1. The number of rotatable bonds is 10. The Labute approximate surface area is 166 Å². The lowest BCUT2D eigenvalue weighted by Gasteiger charge is -2.34. The normalized spacial score (nSPS) is 14.6. The van der Waals surface area contributed by atoms with Gasteiger partial charge in [0.2, 0.25) is 11.8 Å². The quantitative estimate of drug-likeness (QED) is 0.585. The monoisotopic (exact) mass is 393 g/mol. The summed E-state index contributed by atoms with van der Waals surface area (Å²) in [5, 5.41) is 2.89. The van der Waals surface area contributed by atoms with E-state index in [1.54, 1.807) is 21.3 Å². The molecule has 8 heteroatoms. The maximum absolute atomic E-state index is 12.6. The first-order valence-corrected chi connectivity index (χ1v) is 9.54. The Morgan fingerprint density at radius 2 is 1.75 bits per heavy atom. The van der Waals surface area contributed by atoms with Crippen LogP contribution in [0.5, 0.6) is 11.5 Å². The number of benzene rings is 1. The number of hydrogen-bond acceptors (Lipinski definition) is 6. The maximum Gasteiger partial charge on any atom is 0.234 e. The van der Waals surface area contributed by atoms with Gasteiger partial charge < -0.3 is 24.4 Å². The maximum atomic E-state index is 12.6. The van der Waals surface area contributed by atoms with Crippen LogP contribution in [0.3, 0.4) is 0 Å². The van der Waals surface area contributed by atoms with Crippen LogP contribution in [0.15, 0.2) is 18.2 Å². The molecular formula is C20H31N3O5. The highest BCUT2D eigenvalue weighted by molar-refractivity contribution is 5.79. The molecule has 1 aromatic rings. The van der Waals surface area contributed by atoms with Crippen LogP contribution in [0.25, 0.3) is 0 Å². The Kier molecular flexibility index (Phi) is 9.03. The van der Waals surface area contributed by atoms with Crippen molar-refractivity contribution in [1.82, 2.24) is 15.1 Å². The molecule has 2 amide bonds. The van der Waals surface area contributed by atoms with E-state index in [0.717, 1.165) is 12.0 Å². The fourth-order valence-corrected chi connectivity index (χ4v) is 3.14. The van der Waals surface area contributed by atoms with Gasteiger partial charge in [0.05, 0.1) is 27.2 Å². The predicted octanol–water partition coefficient (Wildman–Crippen LogP) is 0.543. The minimum Gasteiger partial charge on any atom is -0.493 e. The largest absolute Gasteiger partial charge is 0.493 e. The van der Waals surface area contributed by atoms with Gasteiger partial charge in [0.15, 0.2) is 11.5 Å². The van der Waals surface area contributed by atoms with Crippen molar-refractivity contribution in [1.29, 1.82) is 0 Å². The molecule has 1 N–H and O–H groups in total. The third-order valence-electron chi connectivity index (χ3n) is 4.74. The highest BCUT2D eigenvalue weighted by atomic mass is 16.5. The topological polar surface area (TPSA) is 80.3 Å². The van der Waals surface area contributed by atoms with E-state index in [4.69, 9.17) is 14.2 Å². The zero-order chi connectivity index (χ0) is 20.4. The third-order valence-corrected chi connectivity index (χ3v) is 4.74. The average Bonchev–Trinajstić information content (AvgIpc) is 2.71. The Morgan fingerprint density at radius 3 is 2.39 bits per heavy atom. The number of ether oxygens (including phenoxy) is 3. The highest BCUT2D eigenvalue weighted by Crippen LogP contribution is 2.27. The number of nitrogens with one attached hydrogen (secondary N) is 1. The van der Waals surface area contributed by atoms with Gasteiger partial charge >= 0.3 is 0 Å². The molecule has 156 valence electrons. The Bertz CT molecular complexity index is 645. The summed E-state index contributed by atoms with van der Waals surface area (Å²) in [6, 6.07) is 5.52. The van der Waals surface area contributed by atoms with E-state index in [2.05, 4.69) is 10.2 Å². The lowest BCUT2D eigenvalue weighted by Crippen LogP contribution is -2.51. The molecule has 0 saturated carbocycles. The minimum absolute atomic E-state index is 0.0150. The second-order valence-electron chi connectivity index (χ2n) is 6.72. The van der Waals surface area contributed by atoms with Gasteiger partial charge in [0, 0.05) is 46.4 Å². The second kappa shape index (κ2) is 11.5. The zero-order valence-electron chi connectivity index (χ0n) is 17.0. The molecule has 0 aromatic heterocycles. The van der Waals surface area contributed by atoms with E-state index in [-0.39, 0.29) is 11.8 Å². The molecule has 1 aliphatic heterocycles. The van der Waals surface area contributed by atoms with Gasteiger partial charge in [-0.25, -0.2) is 0 Å². The van der Waals surface area contributed by atoms with Crippen molar-refractivity contribution >= 4 is 11.8 Å². The first-order chi connectivity index (χ1) is 13.6. The molecule has 1 aliphatic rings. The van der Waals surface area contributed by atoms with E-state index in [0.29, 0.717) is 63.8 Å². The van der Waals surface area contributed by atoms with Crippen LogP contribution in [-0.2, 0) is 20.7 Å². The standard InChI is InChI=1S/C20H31N3O5/c1-26-12-4-7-21-19(24)15-22-8-10-23(11-9-22)20(25)14-16-5-6-17(27-2)18(13-16)28-3/h5-6,13H,4,7-12,14-15H2,1-3H3,(H,21,24). The Hall–Kier alpha value is -2.32. The van der Waals surface area contributed by atoms with Crippen LogP contribution in [0, 0.1) is 0 Å². The van der Waals surface area contributed by atoms with Crippen LogP contribution < -0.4 is 14.8 Å². The summed E-state index contributed by atoms with van der Waals surface area (Å²) in [6.45, 7) is 4.28. The molecular weight excluding hydrogens is 362 g/mol. The lowest BCUT2D eigenvalue weighted by atomic mass is 10.1. The average molecular weight is 393 g/mol. The first-order valence-electron chi connectivity index (χ1n) is 9.54. The number of carbonyl (C=O) groups is 2. The number of amides is 2. The smallest absolute Gasteiger partial charge is 0.234 e. The third kappa shape index (κ3) is 6.69. The van der Waals surface area contributed by atoms with E-state index in [1.165, 1.54) is 0 Å². The molecule has 0 radical (unpaired) electrons. The zero-order valence-corrected chi connectivity index (χ0v) is 17.0. The van der Waals surface area contributed by atoms with Crippen molar-refractivity contribution in [3.05, 3.63) is 23.8 Å². The fourth-order valence-electron chi connectivity index (χ4n) is 3.14. The number of piperazine rings is 1. The van der Waals surface area contributed by atoms with Crippen molar-refractivity contribution in [3.63, 3.8) is 0 Å². The van der Waals surface area contributed by atoms with Gasteiger partial charge in [-0.15, -0.1) is 0 Å². The summed E-state index contributed by atoms with van der Waals surface area (Å²) < 4.78 is 15.5. The molecule has 0 spiro atoms. The number of nitrogens with zero attached hydrogens (tertiary/aromatic N) is 2. The van der Waals surface area contributed by atoms with E-state index >= 15 is 0 Å². The van der Waals surface area contributed by atoms with Gasteiger partial charge in [0.1, 0.15) is 0 Å². The minimum atomic E-state index is 0.0150. The first kappa shape index (κ1) is 22.0. The molecule has 1 aromatic carbocycles. The van der Waals surface area contributed by atoms with Gasteiger partial charge in [-0.05, 0) is 24.1 Å². The van der Waals surface area contributed by atoms with Crippen LogP contribution in [-0.4, -0.2) is 88.8 Å². The summed E-state index contributed by atoms with van der Waals surface area (Å²) in [5.41, 5.74) is 0.889. The van der Waals surface area contributed by atoms with Crippen molar-refractivity contribution < 1.29 is 23.8 Å². The fraction of sp³-hybridized carbons (Fsp3) is 0.600. The number of methoxy groups -OCH3 is 3. The Morgan fingerprint density at radius 1 is 1.04 bits per heavy atom. The molecule has 2 rings (SSSR count). The number of hydrogen-bond donors (Lipinski definition) is 1. The molecule has 0 unspecified atom stereocenters. The van der Waals surface area contributed by atoms with E-state index in [1.807, 2.05) is 23.1 Å². The summed E-state index contributed by atoms with van der Waals surface area (Å²) in [4.78, 5) is 28.5. The molecule has 28 heavy (non-hydrogen) atoms. The van der Waals surface area contributed by atoms with Crippen molar-refractivity contribution in [2.75, 3.05) is 67.2 Å². The molecule has 0 aliphatic carbocycles. The van der Waals surface area contributed by atoms with E-state index < -0.39 is 0 Å².